The van der Waals surface area contributed by atoms with E-state index in [1.807, 2.05) is 18.2 Å². The van der Waals surface area contributed by atoms with Crippen LogP contribution in [0.2, 0.25) is 0 Å². The van der Waals surface area contributed by atoms with Crippen molar-refractivity contribution in [2.24, 2.45) is 0 Å². The van der Waals surface area contributed by atoms with Crippen molar-refractivity contribution in [3.8, 4) is 5.75 Å². The molecule has 98 valence electrons. The summed E-state index contributed by atoms with van der Waals surface area (Å²) in [5.74, 6) is 0.681. The van der Waals surface area contributed by atoms with E-state index in [0.29, 0.717) is 13.0 Å². The number of amides is 1. The van der Waals surface area contributed by atoms with Crippen LogP contribution in [0.3, 0.4) is 0 Å². The number of anilines is 1. The third-order valence-corrected chi connectivity index (χ3v) is 2.77. The molecule has 0 aliphatic carbocycles. The van der Waals surface area contributed by atoms with Gasteiger partial charge < -0.3 is 20.1 Å². The van der Waals surface area contributed by atoms with Crippen LogP contribution < -0.4 is 15.4 Å². The van der Waals surface area contributed by atoms with Gasteiger partial charge in [-0.15, -0.1) is 0 Å². The van der Waals surface area contributed by atoms with Gasteiger partial charge in [-0.25, -0.2) is 0 Å². The molecule has 18 heavy (non-hydrogen) atoms. The quantitative estimate of drug-likeness (QED) is 0.837. The molecule has 0 aromatic heterocycles. The van der Waals surface area contributed by atoms with E-state index in [1.54, 1.807) is 13.2 Å². The average molecular weight is 250 g/mol. The molecule has 5 nitrogen and oxygen atoms in total. The minimum Gasteiger partial charge on any atom is -0.497 e. The predicted molar refractivity (Wildman–Crippen MR) is 68.9 cm³/mol. The number of carbonyl (C=O) groups excluding carboxylic acids is 1. The molecule has 1 amide bonds. The maximum atomic E-state index is 11.8. The number of benzene rings is 1. The molecular formula is C13H18N2O3. The summed E-state index contributed by atoms with van der Waals surface area (Å²) >= 11 is 0. The van der Waals surface area contributed by atoms with E-state index >= 15 is 0 Å². The zero-order chi connectivity index (χ0) is 12.8. The Balaban J connectivity index is 1.85. The van der Waals surface area contributed by atoms with Gasteiger partial charge in [-0.3, -0.25) is 4.79 Å². The highest BCUT2D eigenvalue weighted by atomic mass is 16.5. The summed E-state index contributed by atoms with van der Waals surface area (Å²) in [5, 5.41) is 6.03. The minimum absolute atomic E-state index is 0.0376. The van der Waals surface area contributed by atoms with Crippen LogP contribution in [-0.2, 0) is 9.53 Å². The molecule has 2 N–H and O–H groups in total. The zero-order valence-electron chi connectivity index (χ0n) is 10.4. The standard InChI is InChI=1S/C13H18N2O3/c1-17-11-4-2-3-10(7-11)15-13(16)8-12-9-14-5-6-18-12/h2-4,7,12,14H,5-6,8-9H2,1H3,(H,15,16). The molecule has 1 atom stereocenters. The lowest BCUT2D eigenvalue weighted by Gasteiger charge is -2.23. The Morgan fingerprint density at radius 1 is 1.61 bits per heavy atom. The van der Waals surface area contributed by atoms with Crippen molar-refractivity contribution >= 4 is 11.6 Å². The number of hydrogen-bond acceptors (Lipinski definition) is 4. The highest BCUT2D eigenvalue weighted by Gasteiger charge is 2.17. The second-order valence-electron chi connectivity index (χ2n) is 4.18. The molecule has 0 bridgehead atoms. The fourth-order valence-corrected chi connectivity index (χ4v) is 1.87. The van der Waals surface area contributed by atoms with Crippen molar-refractivity contribution in [1.82, 2.24) is 5.32 Å². The lowest BCUT2D eigenvalue weighted by atomic mass is 10.2. The van der Waals surface area contributed by atoms with Crippen molar-refractivity contribution < 1.29 is 14.3 Å². The van der Waals surface area contributed by atoms with Gasteiger partial charge in [-0.05, 0) is 12.1 Å². The maximum absolute atomic E-state index is 11.8. The van der Waals surface area contributed by atoms with Crippen molar-refractivity contribution in [3.05, 3.63) is 24.3 Å². The number of hydrogen-bond donors (Lipinski definition) is 2. The topological polar surface area (TPSA) is 59.6 Å². The Bertz CT molecular complexity index is 403. The lowest BCUT2D eigenvalue weighted by molar-refractivity contribution is -0.119. The van der Waals surface area contributed by atoms with E-state index in [1.165, 1.54) is 0 Å². The Morgan fingerprint density at radius 3 is 3.22 bits per heavy atom. The maximum Gasteiger partial charge on any atom is 0.227 e. The Morgan fingerprint density at radius 2 is 2.50 bits per heavy atom. The van der Waals surface area contributed by atoms with Crippen LogP contribution in [0.4, 0.5) is 5.69 Å². The Labute approximate surface area is 106 Å². The molecule has 0 radical (unpaired) electrons. The Kier molecular flexibility index (Phi) is 4.55. The van der Waals surface area contributed by atoms with Crippen molar-refractivity contribution in [2.45, 2.75) is 12.5 Å². The first-order valence-corrected chi connectivity index (χ1v) is 6.04. The van der Waals surface area contributed by atoms with E-state index in [4.69, 9.17) is 9.47 Å². The van der Waals surface area contributed by atoms with E-state index in [2.05, 4.69) is 10.6 Å². The number of carbonyl (C=O) groups is 1. The zero-order valence-corrected chi connectivity index (χ0v) is 10.4. The number of rotatable bonds is 4. The summed E-state index contributed by atoms with van der Waals surface area (Å²) in [7, 11) is 1.60. The van der Waals surface area contributed by atoms with Crippen molar-refractivity contribution in [1.29, 1.82) is 0 Å². The molecule has 2 rings (SSSR count). The monoisotopic (exact) mass is 250 g/mol. The lowest BCUT2D eigenvalue weighted by Crippen LogP contribution is -2.40. The summed E-state index contributed by atoms with van der Waals surface area (Å²) in [5.41, 5.74) is 0.739. The Hall–Kier alpha value is -1.59. The van der Waals surface area contributed by atoms with E-state index in [9.17, 15) is 4.79 Å². The molecule has 1 unspecified atom stereocenters. The molecule has 0 saturated carbocycles. The average Bonchev–Trinajstić information content (AvgIpc) is 2.40. The highest BCUT2D eigenvalue weighted by molar-refractivity contribution is 5.91. The molecule has 1 fully saturated rings. The summed E-state index contributed by atoms with van der Waals surface area (Å²) in [6.07, 6.45) is 0.328. The number of methoxy groups -OCH3 is 1. The predicted octanol–water partition coefficient (Wildman–Crippen LogP) is 1.01. The van der Waals surface area contributed by atoms with Crippen LogP contribution in [0.1, 0.15) is 6.42 Å². The van der Waals surface area contributed by atoms with Gasteiger partial charge in [0.2, 0.25) is 5.91 Å². The number of morpholine rings is 1. The number of nitrogens with one attached hydrogen (secondary N) is 2. The fourth-order valence-electron chi connectivity index (χ4n) is 1.87. The van der Waals surface area contributed by atoms with Gasteiger partial charge in [0.15, 0.2) is 0 Å². The van der Waals surface area contributed by atoms with E-state index in [-0.39, 0.29) is 12.0 Å². The number of ether oxygens (including phenoxy) is 2. The van der Waals surface area contributed by atoms with Gasteiger partial charge in [0.1, 0.15) is 5.75 Å². The fraction of sp³-hybridized carbons (Fsp3) is 0.462. The highest BCUT2D eigenvalue weighted by Crippen LogP contribution is 2.17. The van der Waals surface area contributed by atoms with Gasteiger partial charge in [-0.1, -0.05) is 6.07 Å². The first kappa shape index (κ1) is 12.9. The molecule has 1 aromatic rings. The van der Waals surface area contributed by atoms with Crippen LogP contribution in [-0.4, -0.2) is 38.8 Å². The van der Waals surface area contributed by atoms with Crippen molar-refractivity contribution in [3.63, 3.8) is 0 Å². The third-order valence-electron chi connectivity index (χ3n) is 2.77. The first-order valence-electron chi connectivity index (χ1n) is 6.04. The summed E-state index contributed by atoms with van der Waals surface area (Å²) in [4.78, 5) is 11.8. The normalized spacial score (nSPS) is 19.3. The second-order valence-corrected chi connectivity index (χ2v) is 4.18. The first-order chi connectivity index (χ1) is 8.78. The van der Waals surface area contributed by atoms with Crippen LogP contribution in [0.5, 0.6) is 5.75 Å². The van der Waals surface area contributed by atoms with Gasteiger partial charge >= 0.3 is 0 Å². The molecule has 1 heterocycles. The second kappa shape index (κ2) is 6.37. The SMILES string of the molecule is COc1cccc(NC(=O)CC2CNCCO2)c1. The summed E-state index contributed by atoms with van der Waals surface area (Å²) in [6.45, 7) is 2.25. The van der Waals surface area contributed by atoms with Crippen LogP contribution in [0.25, 0.3) is 0 Å². The van der Waals surface area contributed by atoms with Crippen LogP contribution >= 0.6 is 0 Å². The molecule has 1 aromatic carbocycles. The smallest absolute Gasteiger partial charge is 0.227 e. The van der Waals surface area contributed by atoms with Gasteiger partial charge in [-0.2, -0.15) is 0 Å². The van der Waals surface area contributed by atoms with Crippen LogP contribution in [0, 0.1) is 0 Å². The summed E-state index contributed by atoms with van der Waals surface area (Å²) in [6, 6.07) is 7.30. The van der Waals surface area contributed by atoms with Gasteiger partial charge in [0, 0.05) is 24.8 Å². The third kappa shape index (κ3) is 3.72. The van der Waals surface area contributed by atoms with E-state index < -0.39 is 0 Å². The van der Waals surface area contributed by atoms with Gasteiger partial charge in [0.05, 0.1) is 26.2 Å². The molecule has 1 aliphatic rings. The largest absolute Gasteiger partial charge is 0.497 e. The van der Waals surface area contributed by atoms with Crippen molar-refractivity contribution in [2.75, 3.05) is 32.1 Å². The molecule has 1 saturated heterocycles. The van der Waals surface area contributed by atoms with Crippen LogP contribution in [0.15, 0.2) is 24.3 Å². The summed E-state index contributed by atoms with van der Waals surface area (Å²) < 4.78 is 10.6. The van der Waals surface area contributed by atoms with E-state index in [0.717, 1.165) is 24.5 Å². The molecule has 0 spiro atoms. The molecule has 5 heteroatoms. The minimum atomic E-state index is -0.0445. The van der Waals surface area contributed by atoms with Gasteiger partial charge in [0.25, 0.3) is 0 Å². The molecular weight excluding hydrogens is 232 g/mol. The molecule has 1 aliphatic heterocycles.